The minimum atomic E-state index is 0.391. The second kappa shape index (κ2) is 7.58. The van der Waals surface area contributed by atoms with Crippen LogP contribution in [0.5, 0.6) is 0 Å². The zero-order valence-electron chi connectivity index (χ0n) is 13.0. The molecule has 0 amide bonds. The largest absolute Gasteiger partial charge is 0.370 e. The minimum Gasteiger partial charge on any atom is -0.370 e. The normalized spacial score (nSPS) is 22.8. The van der Waals surface area contributed by atoms with Crippen molar-refractivity contribution in [3.05, 3.63) is 17.6 Å². The van der Waals surface area contributed by atoms with Crippen molar-refractivity contribution in [2.24, 2.45) is 5.92 Å². The molecule has 0 saturated heterocycles. The Kier molecular flexibility index (Phi) is 5.77. The summed E-state index contributed by atoms with van der Waals surface area (Å²) in [7, 11) is 0. The molecule has 1 aromatic heterocycles. The van der Waals surface area contributed by atoms with Crippen molar-refractivity contribution in [1.82, 2.24) is 9.97 Å². The quantitative estimate of drug-likeness (QED) is 0.861. The number of nitrogens with zero attached hydrogens (tertiary/aromatic N) is 2. The Labute approximate surface area is 122 Å². The van der Waals surface area contributed by atoms with Crippen molar-refractivity contribution in [2.45, 2.75) is 65.6 Å². The molecule has 0 unspecified atom stereocenters. The van der Waals surface area contributed by atoms with Gasteiger partial charge in [-0.05, 0) is 44.9 Å². The van der Waals surface area contributed by atoms with E-state index in [9.17, 15) is 0 Å². The fourth-order valence-electron chi connectivity index (χ4n) is 2.63. The van der Waals surface area contributed by atoms with Crippen molar-refractivity contribution in [3.8, 4) is 0 Å². The zero-order valence-corrected chi connectivity index (χ0v) is 13.0. The second-order valence-electron chi connectivity index (χ2n) is 5.93. The molecule has 0 spiro atoms. The van der Waals surface area contributed by atoms with Gasteiger partial charge < -0.3 is 10.1 Å². The third-order valence-corrected chi connectivity index (χ3v) is 3.87. The lowest BCUT2D eigenvalue weighted by molar-refractivity contribution is 0.00564. The van der Waals surface area contributed by atoms with Gasteiger partial charge in [-0.25, -0.2) is 9.97 Å². The number of hydrogen-bond acceptors (Lipinski definition) is 4. The molecule has 1 N–H and O–H groups in total. The summed E-state index contributed by atoms with van der Waals surface area (Å²) < 4.78 is 5.98. The van der Waals surface area contributed by atoms with Crippen molar-refractivity contribution < 1.29 is 4.74 Å². The Morgan fingerprint density at radius 2 is 2.00 bits per heavy atom. The number of ether oxygens (including phenoxy) is 1. The van der Waals surface area contributed by atoms with Gasteiger partial charge in [-0.15, -0.1) is 0 Å². The zero-order chi connectivity index (χ0) is 14.4. The highest BCUT2D eigenvalue weighted by molar-refractivity contribution is 5.35. The summed E-state index contributed by atoms with van der Waals surface area (Å²) >= 11 is 0. The van der Waals surface area contributed by atoms with Gasteiger partial charge in [0.25, 0.3) is 0 Å². The summed E-state index contributed by atoms with van der Waals surface area (Å²) in [5, 5.41) is 3.31. The average molecular weight is 277 g/mol. The van der Waals surface area contributed by atoms with Gasteiger partial charge >= 0.3 is 0 Å². The van der Waals surface area contributed by atoms with Crippen LogP contribution in [-0.2, 0) is 11.3 Å². The van der Waals surface area contributed by atoms with Crippen molar-refractivity contribution >= 4 is 5.82 Å². The van der Waals surface area contributed by atoms with Crippen LogP contribution in [0.25, 0.3) is 0 Å². The smallest absolute Gasteiger partial charge is 0.156 e. The van der Waals surface area contributed by atoms with E-state index in [0.717, 1.165) is 36.2 Å². The molecule has 0 radical (unpaired) electrons. The van der Waals surface area contributed by atoms with Crippen LogP contribution in [0, 0.1) is 12.8 Å². The molecule has 0 bridgehead atoms. The van der Waals surface area contributed by atoms with Gasteiger partial charge in [0.2, 0.25) is 0 Å². The molecule has 0 aromatic carbocycles. The predicted octanol–water partition coefficient (Wildman–Crippen LogP) is 3.70. The number of rotatable bonds is 6. The predicted molar refractivity (Wildman–Crippen MR) is 81.8 cm³/mol. The van der Waals surface area contributed by atoms with Crippen molar-refractivity contribution in [1.29, 1.82) is 0 Å². The molecule has 1 aliphatic rings. The standard InChI is InChI=1S/C16H27N3O/c1-4-9-17-15-10-13(3)18-16(19-15)11-20-14-7-5-12(2)6-8-14/h10,12,14H,4-9,11H2,1-3H3,(H,17,18,19). The number of aromatic nitrogens is 2. The Morgan fingerprint density at radius 1 is 1.25 bits per heavy atom. The third-order valence-electron chi connectivity index (χ3n) is 3.87. The van der Waals surface area contributed by atoms with Gasteiger partial charge in [0, 0.05) is 18.3 Å². The average Bonchev–Trinajstić information content (AvgIpc) is 2.44. The van der Waals surface area contributed by atoms with Crippen molar-refractivity contribution in [2.75, 3.05) is 11.9 Å². The van der Waals surface area contributed by atoms with E-state index in [2.05, 4.69) is 29.1 Å². The fourth-order valence-corrected chi connectivity index (χ4v) is 2.63. The first-order valence-electron chi connectivity index (χ1n) is 7.87. The Balaban J connectivity index is 1.87. The number of nitrogens with one attached hydrogen (secondary N) is 1. The number of hydrogen-bond donors (Lipinski definition) is 1. The molecule has 0 atom stereocenters. The summed E-state index contributed by atoms with van der Waals surface area (Å²) in [6.07, 6.45) is 6.39. The molecule has 1 aliphatic carbocycles. The van der Waals surface area contributed by atoms with Crippen LogP contribution in [0.3, 0.4) is 0 Å². The van der Waals surface area contributed by atoms with E-state index in [1.807, 2.05) is 13.0 Å². The summed E-state index contributed by atoms with van der Waals surface area (Å²) in [4.78, 5) is 8.99. The van der Waals surface area contributed by atoms with E-state index in [1.54, 1.807) is 0 Å². The van der Waals surface area contributed by atoms with Crippen LogP contribution in [0.2, 0.25) is 0 Å². The Bertz CT molecular complexity index is 414. The van der Waals surface area contributed by atoms with Crippen molar-refractivity contribution in [3.63, 3.8) is 0 Å². The summed E-state index contributed by atoms with van der Waals surface area (Å²) in [5.74, 6) is 2.56. The maximum absolute atomic E-state index is 5.98. The number of anilines is 1. The lowest BCUT2D eigenvalue weighted by Gasteiger charge is -2.26. The lowest BCUT2D eigenvalue weighted by atomic mass is 9.89. The van der Waals surface area contributed by atoms with Crippen LogP contribution in [0.4, 0.5) is 5.82 Å². The minimum absolute atomic E-state index is 0.391. The summed E-state index contributed by atoms with van der Waals surface area (Å²) in [5.41, 5.74) is 0.995. The molecule has 20 heavy (non-hydrogen) atoms. The monoisotopic (exact) mass is 277 g/mol. The topological polar surface area (TPSA) is 47.0 Å². The first-order valence-corrected chi connectivity index (χ1v) is 7.87. The third kappa shape index (κ3) is 4.75. The van der Waals surface area contributed by atoms with Gasteiger partial charge in [-0.2, -0.15) is 0 Å². The van der Waals surface area contributed by atoms with Crippen LogP contribution in [0.1, 0.15) is 57.5 Å². The first kappa shape index (κ1) is 15.2. The molecular formula is C16H27N3O. The summed E-state index contributed by atoms with van der Waals surface area (Å²) in [6, 6.07) is 1.99. The maximum Gasteiger partial charge on any atom is 0.156 e. The van der Waals surface area contributed by atoms with E-state index < -0.39 is 0 Å². The van der Waals surface area contributed by atoms with Gasteiger partial charge in [-0.3, -0.25) is 0 Å². The van der Waals surface area contributed by atoms with Gasteiger partial charge in [0.1, 0.15) is 12.4 Å². The molecule has 4 heteroatoms. The highest BCUT2D eigenvalue weighted by Gasteiger charge is 2.19. The first-order chi connectivity index (χ1) is 9.67. The molecular weight excluding hydrogens is 250 g/mol. The van der Waals surface area contributed by atoms with Crippen LogP contribution in [-0.4, -0.2) is 22.6 Å². The Hall–Kier alpha value is -1.16. The molecule has 1 fully saturated rings. The number of aryl methyl sites for hydroxylation is 1. The molecule has 1 saturated carbocycles. The lowest BCUT2D eigenvalue weighted by Crippen LogP contribution is -2.21. The highest BCUT2D eigenvalue weighted by atomic mass is 16.5. The van der Waals surface area contributed by atoms with E-state index in [0.29, 0.717) is 12.7 Å². The molecule has 2 rings (SSSR count). The SMILES string of the molecule is CCCNc1cc(C)nc(COC2CCC(C)CC2)n1. The maximum atomic E-state index is 5.98. The van der Waals surface area contributed by atoms with Crippen LogP contribution >= 0.6 is 0 Å². The molecule has 4 nitrogen and oxygen atoms in total. The highest BCUT2D eigenvalue weighted by Crippen LogP contribution is 2.26. The second-order valence-corrected chi connectivity index (χ2v) is 5.93. The molecule has 112 valence electrons. The summed E-state index contributed by atoms with van der Waals surface area (Å²) in [6.45, 7) is 7.95. The molecule has 1 aromatic rings. The molecule has 1 heterocycles. The fraction of sp³-hybridized carbons (Fsp3) is 0.750. The van der Waals surface area contributed by atoms with E-state index >= 15 is 0 Å². The molecule has 0 aliphatic heterocycles. The van der Waals surface area contributed by atoms with E-state index in [4.69, 9.17) is 4.74 Å². The van der Waals surface area contributed by atoms with E-state index in [1.165, 1.54) is 25.7 Å². The van der Waals surface area contributed by atoms with E-state index in [-0.39, 0.29) is 0 Å². The van der Waals surface area contributed by atoms with Gasteiger partial charge in [0.15, 0.2) is 5.82 Å². The van der Waals surface area contributed by atoms with Crippen LogP contribution < -0.4 is 5.32 Å². The van der Waals surface area contributed by atoms with Crippen LogP contribution in [0.15, 0.2) is 6.07 Å². The van der Waals surface area contributed by atoms with Gasteiger partial charge in [0.05, 0.1) is 6.10 Å². The van der Waals surface area contributed by atoms with Gasteiger partial charge in [-0.1, -0.05) is 13.8 Å². The Morgan fingerprint density at radius 3 is 2.70 bits per heavy atom.